The van der Waals surface area contributed by atoms with E-state index >= 15 is 0 Å². The quantitative estimate of drug-likeness (QED) is 0.750. The van der Waals surface area contributed by atoms with Gasteiger partial charge in [-0.25, -0.2) is 0 Å². The second-order valence-electron chi connectivity index (χ2n) is 5.89. The van der Waals surface area contributed by atoms with Gasteiger partial charge in [-0.05, 0) is 50.4 Å². The third-order valence-electron chi connectivity index (χ3n) is 4.16. The fraction of sp³-hybridized carbons (Fsp3) is 0.611. The summed E-state index contributed by atoms with van der Waals surface area (Å²) in [5.74, 6) is -0.157. The van der Waals surface area contributed by atoms with E-state index in [9.17, 15) is 4.79 Å². The number of nitrogens with zero attached hydrogens (tertiary/aromatic N) is 1. The van der Waals surface area contributed by atoms with Crippen LogP contribution in [-0.4, -0.2) is 36.6 Å². The fourth-order valence-electron chi connectivity index (χ4n) is 2.84. The maximum atomic E-state index is 11.8. The van der Waals surface area contributed by atoms with Gasteiger partial charge in [-0.1, -0.05) is 31.2 Å². The van der Waals surface area contributed by atoms with E-state index in [2.05, 4.69) is 34.5 Å². The highest BCUT2D eigenvalue weighted by atomic mass is 16.5. The lowest BCUT2D eigenvalue weighted by atomic mass is 10.1. The molecular weight excluding hydrogens is 276 g/mol. The Labute approximate surface area is 133 Å². The van der Waals surface area contributed by atoms with E-state index in [4.69, 9.17) is 4.74 Å². The van der Waals surface area contributed by atoms with Gasteiger partial charge in [-0.2, -0.15) is 0 Å². The number of ether oxygens (including phenoxy) is 1. The van der Waals surface area contributed by atoms with E-state index < -0.39 is 0 Å². The van der Waals surface area contributed by atoms with Crippen molar-refractivity contribution in [2.75, 3.05) is 19.7 Å². The minimum absolute atomic E-state index is 0.157. The Balaban J connectivity index is 1.81. The van der Waals surface area contributed by atoms with Crippen molar-refractivity contribution in [3.8, 4) is 0 Å². The lowest BCUT2D eigenvalue weighted by molar-refractivity contribution is -0.145. The Bertz CT molecular complexity index is 453. The molecular formula is C18H28N2O2. The molecule has 1 saturated heterocycles. The lowest BCUT2D eigenvalue weighted by Crippen LogP contribution is -2.37. The van der Waals surface area contributed by atoms with Crippen LogP contribution in [0.25, 0.3) is 0 Å². The van der Waals surface area contributed by atoms with Gasteiger partial charge in [-0.15, -0.1) is 0 Å². The first-order valence-corrected chi connectivity index (χ1v) is 8.43. The van der Waals surface area contributed by atoms with E-state index in [-0.39, 0.29) is 12.0 Å². The number of hydrogen-bond acceptors (Lipinski definition) is 4. The predicted octanol–water partition coefficient (Wildman–Crippen LogP) is 2.71. The molecule has 1 aliphatic rings. The van der Waals surface area contributed by atoms with Crippen molar-refractivity contribution >= 4 is 5.97 Å². The molecule has 0 aromatic heterocycles. The van der Waals surface area contributed by atoms with Crippen molar-refractivity contribution in [3.63, 3.8) is 0 Å². The van der Waals surface area contributed by atoms with Crippen LogP contribution in [0.5, 0.6) is 0 Å². The highest BCUT2D eigenvalue weighted by molar-refractivity contribution is 5.75. The topological polar surface area (TPSA) is 41.6 Å². The number of esters is 1. The molecule has 1 aliphatic heterocycles. The summed E-state index contributed by atoms with van der Waals surface area (Å²) in [5, 5.41) is 3.28. The highest BCUT2D eigenvalue weighted by Crippen LogP contribution is 2.13. The van der Waals surface area contributed by atoms with E-state index in [0.717, 1.165) is 13.0 Å². The molecule has 22 heavy (non-hydrogen) atoms. The zero-order valence-electron chi connectivity index (χ0n) is 13.8. The minimum Gasteiger partial charge on any atom is -0.465 e. The first kappa shape index (κ1) is 17.0. The smallest absolute Gasteiger partial charge is 0.323 e. The first-order chi connectivity index (χ1) is 10.7. The molecule has 1 heterocycles. The molecule has 1 unspecified atom stereocenters. The Morgan fingerprint density at radius 2 is 1.82 bits per heavy atom. The summed E-state index contributed by atoms with van der Waals surface area (Å²) in [4.78, 5) is 14.3. The van der Waals surface area contributed by atoms with Gasteiger partial charge in [0.2, 0.25) is 0 Å². The van der Waals surface area contributed by atoms with Crippen molar-refractivity contribution in [2.24, 2.45) is 0 Å². The van der Waals surface area contributed by atoms with Gasteiger partial charge in [0.15, 0.2) is 0 Å². The summed E-state index contributed by atoms with van der Waals surface area (Å²) in [5.41, 5.74) is 2.57. The first-order valence-electron chi connectivity index (χ1n) is 8.43. The van der Waals surface area contributed by atoms with Gasteiger partial charge in [0.1, 0.15) is 6.04 Å². The normalized spacial score (nSPS) is 16.6. The zero-order chi connectivity index (χ0) is 15.8. The average Bonchev–Trinajstić information content (AvgIpc) is 3.03. The molecule has 2 rings (SSSR count). The zero-order valence-corrected chi connectivity index (χ0v) is 13.8. The van der Waals surface area contributed by atoms with E-state index in [0.29, 0.717) is 13.2 Å². The summed E-state index contributed by atoms with van der Waals surface area (Å²) in [6.07, 6.45) is 3.40. The van der Waals surface area contributed by atoms with E-state index in [1.165, 1.54) is 37.1 Å². The second kappa shape index (κ2) is 8.91. The van der Waals surface area contributed by atoms with Crippen molar-refractivity contribution in [1.29, 1.82) is 0 Å². The summed E-state index contributed by atoms with van der Waals surface area (Å²) < 4.78 is 5.07. The van der Waals surface area contributed by atoms with Crippen LogP contribution in [0, 0.1) is 0 Å². The van der Waals surface area contributed by atoms with Crippen molar-refractivity contribution < 1.29 is 9.53 Å². The molecule has 0 spiro atoms. The lowest BCUT2D eigenvalue weighted by Gasteiger charge is -2.16. The molecule has 1 fully saturated rings. The fourth-order valence-corrected chi connectivity index (χ4v) is 2.84. The van der Waals surface area contributed by atoms with Crippen LogP contribution in [0.15, 0.2) is 24.3 Å². The molecule has 0 saturated carbocycles. The van der Waals surface area contributed by atoms with Crippen LogP contribution in [0.2, 0.25) is 0 Å². The summed E-state index contributed by atoms with van der Waals surface area (Å²) in [7, 11) is 0. The Kier molecular flexibility index (Phi) is 6.87. The van der Waals surface area contributed by atoms with Gasteiger partial charge in [-0.3, -0.25) is 9.69 Å². The summed E-state index contributed by atoms with van der Waals surface area (Å²) in [6.45, 7) is 8.46. The maximum Gasteiger partial charge on any atom is 0.323 e. The van der Waals surface area contributed by atoms with Gasteiger partial charge in [0, 0.05) is 13.1 Å². The van der Waals surface area contributed by atoms with Crippen LogP contribution in [0.4, 0.5) is 0 Å². The van der Waals surface area contributed by atoms with Gasteiger partial charge in [0.25, 0.3) is 0 Å². The Morgan fingerprint density at radius 3 is 2.41 bits per heavy atom. The SMILES string of the molecule is CCOC(=O)C(CC)NCc1ccc(CN2CCCC2)cc1. The number of hydrogen-bond donors (Lipinski definition) is 1. The third-order valence-corrected chi connectivity index (χ3v) is 4.16. The number of nitrogens with one attached hydrogen (secondary N) is 1. The average molecular weight is 304 g/mol. The van der Waals surface area contributed by atoms with Gasteiger partial charge in [0.05, 0.1) is 6.61 Å². The van der Waals surface area contributed by atoms with Crippen LogP contribution in [0.3, 0.4) is 0 Å². The summed E-state index contributed by atoms with van der Waals surface area (Å²) >= 11 is 0. The molecule has 0 bridgehead atoms. The molecule has 4 heteroatoms. The Morgan fingerprint density at radius 1 is 1.18 bits per heavy atom. The second-order valence-corrected chi connectivity index (χ2v) is 5.89. The maximum absolute atomic E-state index is 11.8. The molecule has 1 aromatic rings. The molecule has 0 amide bonds. The molecule has 122 valence electrons. The van der Waals surface area contributed by atoms with E-state index in [1.807, 2.05) is 13.8 Å². The van der Waals surface area contributed by atoms with Crippen LogP contribution >= 0.6 is 0 Å². The number of likely N-dealkylation sites (tertiary alicyclic amines) is 1. The van der Waals surface area contributed by atoms with E-state index in [1.54, 1.807) is 0 Å². The monoisotopic (exact) mass is 304 g/mol. The summed E-state index contributed by atoms with van der Waals surface area (Å²) in [6, 6.07) is 8.47. The van der Waals surface area contributed by atoms with Crippen molar-refractivity contribution in [2.45, 2.75) is 52.2 Å². The molecule has 1 aromatic carbocycles. The molecule has 0 aliphatic carbocycles. The molecule has 0 radical (unpaired) electrons. The molecule has 1 N–H and O–H groups in total. The third kappa shape index (κ3) is 5.11. The standard InChI is InChI=1S/C18H28N2O2/c1-3-17(18(21)22-4-2)19-13-15-7-9-16(10-8-15)14-20-11-5-6-12-20/h7-10,17,19H,3-6,11-14H2,1-2H3. The van der Waals surface area contributed by atoms with Crippen molar-refractivity contribution in [3.05, 3.63) is 35.4 Å². The number of benzene rings is 1. The van der Waals surface area contributed by atoms with Crippen molar-refractivity contribution in [1.82, 2.24) is 10.2 Å². The van der Waals surface area contributed by atoms with Crippen LogP contribution in [-0.2, 0) is 22.6 Å². The number of rotatable bonds is 8. The predicted molar refractivity (Wildman–Crippen MR) is 88.5 cm³/mol. The molecule has 1 atom stereocenters. The number of carbonyl (C=O) groups is 1. The van der Waals surface area contributed by atoms with Gasteiger partial charge < -0.3 is 10.1 Å². The highest BCUT2D eigenvalue weighted by Gasteiger charge is 2.16. The molecule has 4 nitrogen and oxygen atoms in total. The largest absolute Gasteiger partial charge is 0.465 e. The number of carbonyl (C=O) groups excluding carboxylic acids is 1. The van der Waals surface area contributed by atoms with Crippen LogP contribution in [0.1, 0.15) is 44.2 Å². The van der Waals surface area contributed by atoms with Gasteiger partial charge >= 0.3 is 5.97 Å². The Hall–Kier alpha value is -1.39. The minimum atomic E-state index is -0.218. The van der Waals surface area contributed by atoms with Crippen LogP contribution < -0.4 is 5.32 Å².